The van der Waals surface area contributed by atoms with Crippen LogP contribution < -0.4 is 5.56 Å². The molecule has 3 rings (SSSR count). The SMILES string of the molecule is CCN(Cc1nc2ccccc2c(=O)[nH]1)C(=O)c1cc(Br)ccc1Cl. The number of hydrogen-bond donors (Lipinski definition) is 1. The summed E-state index contributed by atoms with van der Waals surface area (Å²) in [7, 11) is 0. The zero-order valence-corrected chi connectivity index (χ0v) is 15.8. The smallest absolute Gasteiger partial charge is 0.258 e. The van der Waals surface area contributed by atoms with Gasteiger partial charge in [-0.15, -0.1) is 0 Å². The molecular weight excluding hydrogens is 406 g/mol. The zero-order valence-electron chi connectivity index (χ0n) is 13.4. The summed E-state index contributed by atoms with van der Waals surface area (Å²) in [6.45, 7) is 2.51. The average Bonchev–Trinajstić information content (AvgIpc) is 2.61. The number of para-hydroxylation sites is 1. The fraction of sp³-hybridized carbons (Fsp3) is 0.167. The Kier molecular flexibility index (Phi) is 5.20. The van der Waals surface area contributed by atoms with Gasteiger partial charge in [-0.05, 0) is 37.3 Å². The lowest BCUT2D eigenvalue weighted by molar-refractivity contribution is 0.0748. The van der Waals surface area contributed by atoms with E-state index in [9.17, 15) is 9.59 Å². The summed E-state index contributed by atoms with van der Waals surface area (Å²) in [6, 6.07) is 12.2. The van der Waals surface area contributed by atoms with E-state index in [4.69, 9.17) is 11.6 Å². The molecular formula is C18H15BrClN3O2. The van der Waals surface area contributed by atoms with Crippen LogP contribution in [-0.2, 0) is 6.54 Å². The van der Waals surface area contributed by atoms with Crippen LogP contribution in [0.15, 0.2) is 51.7 Å². The van der Waals surface area contributed by atoms with Crippen LogP contribution in [0.1, 0.15) is 23.1 Å². The highest BCUT2D eigenvalue weighted by molar-refractivity contribution is 9.10. The van der Waals surface area contributed by atoms with Gasteiger partial charge in [-0.2, -0.15) is 0 Å². The molecule has 0 unspecified atom stereocenters. The molecule has 128 valence electrons. The van der Waals surface area contributed by atoms with Gasteiger partial charge in [-0.3, -0.25) is 9.59 Å². The molecule has 0 spiro atoms. The second-order valence-corrected chi connectivity index (χ2v) is 6.80. The molecule has 0 aliphatic rings. The van der Waals surface area contributed by atoms with Crippen LogP contribution >= 0.6 is 27.5 Å². The first-order valence-corrected chi connectivity index (χ1v) is 8.89. The maximum absolute atomic E-state index is 12.8. The van der Waals surface area contributed by atoms with Gasteiger partial charge in [0, 0.05) is 11.0 Å². The minimum absolute atomic E-state index is 0.193. The summed E-state index contributed by atoms with van der Waals surface area (Å²) in [5, 5.41) is 0.905. The molecule has 0 aliphatic carbocycles. The summed E-state index contributed by atoms with van der Waals surface area (Å²) in [5.74, 6) is 0.217. The highest BCUT2D eigenvalue weighted by atomic mass is 79.9. The first-order chi connectivity index (χ1) is 12.0. The monoisotopic (exact) mass is 419 g/mol. The zero-order chi connectivity index (χ0) is 18.0. The van der Waals surface area contributed by atoms with Crippen molar-refractivity contribution in [1.82, 2.24) is 14.9 Å². The van der Waals surface area contributed by atoms with Crippen LogP contribution in [0.2, 0.25) is 5.02 Å². The summed E-state index contributed by atoms with van der Waals surface area (Å²) in [4.78, 5) is 33.8. The lowest BCUT2D eigenvalue weighted by Crippen LogP contribution is -2.32. The van der Waals surface area contributed by atoms with Gasteiger partial charge in [0.25, 0.3) is 11.5 Å². The molecule has 5 nitrogen and oxygen atoms in total. The molecule has 2 aromatic carbocycles. The van der Waals surface area contributed by atoms with E-state index < -0.39 is 0 Å². The molecule has 0 bridgehead atoms. The largest absolute Gasteiger partial charge is 0.331 e. The molecule has 0 fully saturated rings. The van der Waals surface area contributed by atoms with E-state index in [-0.39, 0.29) is 18.0 Å². The van der Waals surface area contributed by atoms with Crippen molar-refractivity contribution in [1.29, 1.82) is 0 Å². The summed E-state index contributed by atoms with van der Waals surface area (Å²) >= 11 is 9.51. The molecule has 1 heterocycles. The van der Waals surface area contributed by atoms with E-state index in [0.717, 1.165) is 4.47 Å². The molecule has 25 heavy (non-hydrogen) atoms. The molecule has 0 saturated carbocycles. The Balaban J connectivity index is 1.93. The van der Waals surface area contributed by atoms with Crippen LogP contribution in [-0.4, -0.2) is 27.3 Å². The first-order valence-electron chi connectivity index (χ1n) is 7.72. The van der Waals surface area contributed by atoms with Gasteiger partial charge in [0.2, 0.25) is 0 Å². The number of rotatable bonds is 4. The first kappa shape index (κ1) is 17.6. The Hall–Kier alpha value is -2.18. The number of hydrogen-bond acceptors (Lipinski definition) is 3. The third kappa shape index (κ3) is 3.75. The van der Waals surface area contributed by atoms with E-state index in [1.54, 1.807) is 41.3 Å². The molecule has 0 saturated heterocycles. The lowest BCUT2D eigenvalue weighted by Gasteiger charge is -2.21. The number of aromatic nitrogens is 2. The molecule has 0 aliphatic heterocycles. The average molecular weight is 421 g/mol. The van der Waals surface area contributed by atoms with Crippen molar-refractivity contribution in [3.05, 3.63) is 73.7 Å². The number of nitrogens with zero attached hydrogens (tertiary/aromatic N) is 2. The minimum Gasteiger partial charge on any atom is -0.331 e. The number of carbonyl (C=O) groups is 1. The van der Waals surface area contributed by atoms with Gasteiger partial charge in [-0.1, -0.05) is 39.7 Å². The highest BCUT2D eigenvalue weighted by Gasteiger charge is 2.19. The molecule has 7 heteroatoms. The molecule has 1 aromatic heterocycles. The Bertz CT molecular complexity index is 1000. The van der Waals surface area contributed by atoms with Crippen molar-refractivity contribution in [2.45, 2.75) is 13.5 Å². The summed E-state index contributed by atoms with van der Waals surface area (Å²) in [6.07, 6.45) is 0. The maximum atomic E-state index is 12.8. The van der Waals surface area contributed by atoms with Gasteiger partial charge < -0.3 is 9.88 Å². The van der Waals surface area contributed by atoms with Crippen LogP contribution in [0.25, 0.3) is 10.9 Å². The predicted molar refractivity (Wildman–Crippen MR) is 102 cm³/mol. The van der Waals surface area contributed by atoms with Crippen molar-refractivity contribution in [2.24, 2.45) is 0 Å². The number of benzene rings is 2. The number of carbonyl (C=O) groups excluding carboxylic acids is 1. The van der Waals surface area contributed by atoms with E-state index in [2.05, 4.69) is 25.9 Å². The molecule has 1 amide bonds. The van der Waals surface area contributed by atoms with Crippen LogP contribution in [0.4, 0.5) is 0 Å². The Labute approximate surface area is 157 Å². The van der Waals surface area contributed by atoms with Crippen LogP contribution in [0.5, 0.6) is 0 Å². The normalized spacial score (nSPS) is 10.8. The number of aromatic amines is 1. The third-order valence-corrected chi connectivity index (χ3v) is 4.65. The van der Waals surface area contributed by atoms with Crippen molar-refractivity contribution in [3.8, 4) is 0 Å². The molecule has 0 radical (unpaired) electrons. The predicted octanol–water partition coefficient (Wildman–Crippen LogP) is 4.00. The van der Waals surface area contributed by atoms with Crippen molar-refractivity contribution in [3.63, 3.8) is 0 Å². The number of amides is 1. The van der Waals surface area contributed by atoms with Crippen LogP contribution in [0.3, 0.4) is 0 Å². The Morgan fingerprint density at radius 2 is 2.04 bits per heavy atom. The number of halogens is 2. The van der Waals surface area contributed by atoms with Crippen molar-refractivity contribution >= 4 is 44.3 Å². The Morgan fingerprint density at radius 3 is 2.80 bits per heavy atom. The number of nitrogens with one attached hydrogen (secondary N) is 1. The molecule has 1 N–H and O–H groups in total. The Morgan fingerprint density at radius 1 is 1.28 bits per heavy atom. The molecule has 0 atom stereocenters. The van der Waals surface area contributed by atoms with Gasteiger partial charge in [0.1, 0.15) is 5.82 Å². The van der Waals surface area contributed by atoms with E-state index in [1.165, 1.54) is 0 Å². The van der Waals surface area contributed by atoms with Crippen LogP contribution in [0, 0.1) is 0 Å². The molecule has 3 aromatic rings. The second kappa shape index (κ2) is 7.37. The van der Waals surface area contributed by atoms with E-state index >= 15 is 0 Å². The summed E-state index contributed by atoms with van der Waals surface area (Å²) < 4.78 is 0.772. The standard InChI is InChI=1S/C18H15BrClN3O2/c1-2-23(18(25)13-9-11(19)7-8-14(13)20)10-16-21-15-6-4-3-5-12(15)17(24)22-16/h3-9H,2,10H2,1H3,(H,21,22,24). The highest BCUT2D eigenvalue weighted by Crippen LogP contribution is 2.23. The topological polar surface area (TPSA) is 66.1 Å². The van der Waals surface area contributed by atoms with E-state index in [1.807, 2.05) is 13.0 Å². The summed E-state index contributed by atoms with van der Waals surface area (Å²) in [5.41, 5.74) is 0.788. The van der Waals surface area contributed by atoms with Gasteiger partial charge in [-0.25, -0.2) is 4.98 Å². The van der Waals surface area contributed by atoms with Gasteiger partial charge in [0.15, 0.2) is 0 Å². The van der Waals surface area contributed by atoms with Crippen molar-refractivity contribution in [2.75, 3.05) is 6.54 Å². The van der Waals surface area contributed by atoms with E-state index in [0.29, 0.717) is 33.9 Å². The lowest BCUT2D eigenvalue weighted by atomic mass is 10.2. The number of fused-ring (bicyclic) bond motifs is 1. The maximum Gasteiger partial charge on any atom is 0.258 e. The van der Waals surface area contributed by atoms with Gasteiger partial charge in [0.05, 0.1) is 28.0 Å². The fourth-order valence-corrected chi connectivity index (χ4v) is 3.11. The quantitative estimate of drug-likeness (QED) is 0.694. The van der Waals surface area contributed by atoms with Crippen molar-refractivity contribution < 1.29 is 4.79 Å². The number of H-pyrrole nitrogens is 1. The third-order valence-electron chi connectivity index (χ3n) is 3.83. The van der Waals surface area contributed by atoms with Gasteiger partial charge >= 0.3 is 0 Å². The minimum atomic E-state index is -0.218. The second-order valence-electron chi connectivity index (χ2n) is 5.47. The fourth-order valence-electron chi connectivity index (χ4n) is 2.55.